The number of carbonyl (C=O) groups is 1. The molecule has 2 aromatic rings. The van der Waals surface area contributed by atoms with Crippen molar-refractivity contribution >= 4 is 22.9 Å². The molecule has 1 aliphatic carbocycles. The molecule has 1 amide bonds. The molecule has 5 nitrogen and oxygen atoms in total. The predicted octanol–water partition coefficient (Wildman–Crippen LogP) is 3.88. The fourth-order valence-electron chi connectivity index (χ4n) is 4.32. The van der Waals surface area contributed by atoms with Gasteiger partial charge in [0.15, 0.2) is 0 Å². The summed E-state index contributed by atoms with van der Waals surface area (Å²) in [5, 5.41) is 0.927. The van der Waals surface area contributed by atoms with Crippen LogP contribution in [0.15, 0.2) is 24.3 Å². The number of hydrogen-bond acceptors (Lipinski definition) is 5. The second-order valence-electron chi connectivity index (χ2n) is 8.14. The first-order valence-corrected chi connectivity index (χ1v) is 11.1. The number of aromatic nitrogens is 1. The van der Waals surface area contributed by atoms with Gasteiger partial charge in [0.2, 0.25) is 0 Å². The molecule has 0 unspecified atom stereocenters. The minimum atomic E-state index is 0.150. The third-order valence-corrected chi connectivity index (χ3v) is 7.26. The lowest BCUT2D eigenvalue weighted by Crippen LogP contribution is -2.51. The highest BCUT2D eigenvalue weighted by Crippen LogP contribution is 2.31. The van der Waals surface area contributed by atoms with E-state index in [0.717, 1.165) is 59.1 Å². The van der Waals surface area contributed by atoms with Crippen LogP contribution in [-0.2, 0) is 0 Å². The minimum Gasteiger partial charge on any atom is -0.378 e. The summed E-state index contributed by atoms with van der Waals surface area (Å²) >= 11 is 1.53. The van der Waals surface area contributed by atoms with Crippen molar-refractivity contribution in [2.45, 2.75) is 38.6 Å². The van der Waals surface area contributed by atoms with Crippen molar-refractivity contribution in [3.05, 3.63) is 34.8 Å². The zero-order valence-electron chi connectivity index (χ0n) is 17.1. The highest BCUT2D eigenvalue weighted by Gasteiger charge is 2.29. The monoisotopic (exact) mass is 398 g/mol. The molecular weight excluding hydrogens is 368 g/mol. The van der Waals surface area contributed by atoms with Gasteiger partial charge < -0.3 is 9.80 Å². The van der Waals surface area contributed by atoms with Gasteiger partial charge in [-0.1, -0.05) is 12.8 Å². The van der Waals surface area contributed by atoms with Crippen LogP contribution in [0.2, 0.25) is 0 Å². The van der Waals surface area contributed by atoms with Gasteiger partial charge >= 0.3 is 0 Å². The van der Waals surface area contributed by atoms with Crippen molar-refractivity contribution in [1.82, 2.24) is 14.8 Å². The van der Waals surface area contributed by atoms with E-state index in [1.807, 2.05) is 25.9 Å². The molecule has 4 rings (SSSR count). The van der Waals surface area contributed by atoms with E-state index < -0.39 is 0 Å². The summed E-state index contributed by atoms with van der Waals surface area (Å²) in [6, 6.07) is 9.11. The number of anilines is 1. The normalized spacial score (nSPS) is 18.6. The van der Waals surface area contributed by atoms with Crippen molar-refractivity contribution in [3.8, 4) is 10.6 Å². The Morgan fingerprint density at radius 2 is 1.71 bits per heavy atom. The largest absolute Gasteiger partial charge is 0.378 e. The van der Waals surface area contributed by atoms with E-state index in [1.165, 1.54) is 37.0 Å². The summed E-state index contributed by atoms with van der Waals surface area (Å²) in [6.45, 7) is 5.63. The number of benzene rings is 1. The molecule has 0 radical (unpaired) electrons. The van der Waals surface area contributed by atoms with Crippen LogP contribution in [-0.4, -0.2) is 67.0 Å². The van der Waals surface area contributed by atoms with E-state index in [2.05, 4.69) is 34.1 Å². The van der Waals surface area contributed by atoms with Crippen molar-refractivity contribution in [2.24, 2.45) is 0 Å². The number of rotatable bonds is 4. The molecule has 2 fully saturated rings. The van der Waals surface area contributed by atoms with Gasteiger partial charge in [0.25, 0.3) is 5.91 Å². The van der Waals surface area contributed by atoms with Gasteiger partial charge in [0.1, 0.15) is 9.88 Å². The highest BCUT2D eigenvalue weighted by molar-refractivity contribution is 7.17. The van der Waals surface area contributed by atoms with Gasteiger partial charge in [0, 0.05) is 57.6 Å². The van der Waals surface area contributed by atoms with Crippen LogP contribution < -0.4 is 4.90 Å². The standard InChI is InChI=1S/C22H30N4OS/c1-16-20(28-21(23-16)17-8-10-18(11-9-17)24(2)3)22(27)26-14-12-25(13-15-26)19-6-4-5-7-19/h8-11,19H,4-7,12-15H2,1-3H3. The topological polar surface area (TPSA) is 39.7 Å². The highest BCUT2D eigenvalue weighted by atomic mass is 32.1. The molecule has 1 saturated heterocycles. The summed E-state index contributed by atoms with van der Waals surface area (Å²) < 4.78 is 0. The van der Waals surface area contributed by atoms with Gasteiger partial charge in [-0.25, -0.2) is 4.98 Å². The maximum atomic E-state index is 13.1. The van der Waals surface area contributed by atoms with Crippen molar-refractivity contribution in [1.29, 1.82) is 0 Å². The smallest absolute Gasteiger partial charge is 0.265 e. The lowest BCUT2D eigenvalue weighted by Gasteiger charge is -2.37. The molecule has 0 bridgehead atoms. The molecule has 1 aromatic heterocycles. The molecule has 2 aliphatic rings. The summed E-state index contributed by atoms with van der Waals surface area (Å²) in [6.07, 6.45) is 5.39. The van der Waals surface area contributed by atoms with Crippen molar-refractivity contribution < 1.29 is 4.79 Å². The molecular formula is C22H30N4OS. The molecule has 1 saturated carbocycles. The predicted molar refractivity (Wildman–Crippen MR) is 116 cm³/mol. The quantitative estimate of drug-likeness (QED) is 0.783. The summed E-state index contributed by atoms with van der Waals surface area (Å²) in [4.78, 5) is 25.3. The Bertz CT molecular complexity index is 816. The van der Waals surface area contributed by atoms with E-state index in [0.29, 0.717) is 0 Å². The number of aryl methyl sites for hydroxylation is 1. The maximum absolute atomic E-state index is 13.1. The fourth-order valence-corrected chi connectivity index (χ4v) is 5.36. The Balaban J connectivity index is 1.44. The zero-order chi connectivity index (χ0) is 19.7. The van der Waals surface area contributed by atoms with Crippen LogP contribution in [0.4, 0.5) is 5.69 Å². The molecule has 1 aliphatic heterocycles. The summed E-state index contributed by atoms with van der Waals surface area (Å²) in [5.74, 6) is 0.150. The number of hydrogen-bond donors (Lipinski definition) is 0. The van der Waals surface area contributed by atoms with E-state index in [4.69, 9.17) is 4.98 Å². The van der Waals surface area contributed by atoms with Gasteiger partial charge in [-0.3, -0.25) is 9.69 Å². The Morgan fingerprint density at radius 3 is 2.32 bits per heavy atom. The van der Waals surface area contributed by atoms with Crippen LogP contribution in [0.3, 0.4) is 0 Å². The van der Waals surface area contributed by atoms with Gasteiger partial charge in [-0.15, -0.1) is 11.3 Å². The van der Waals surface area contributed by atoms with E-state index in [9.17, 15) is 4.79 Å². The van der Waals surface area contributed by atoms with Crippen LogP contribution in [0, 0.1) is 6.92 Å². The average molecular weight is 399 g/mol. The third-order valence-electron chi connectivity index (χ3n) is 6.06. The Morgan fingerprint density at radius 1 is 1.07 bits per heavy atom. The van der Waals surface area contributed by atoms with Gasteiger partial charge in [-0.05, 0) is 44.0 Å². The first kappa shape index (κ1) is 19.4. The molecule has 0 atom stereocenters. The third kappa shape index (κ3) is 3.94. The van der Waals surface area contributed by atoms with Gasteiger partial charge in [0.05, 0.1) is 5.69 Å². The first-order valence-electron chi connectivity index (χ1n) is 10.3. The Hall–Kier alpha value is -1.92. The van der Waals surface area contributed by atoms with E-state index in [-0.39, 0.29) is 5.91 Å². The molecule has 0 spiro atoms. The van der Waals surface area contributed by atoms with Crippen LogP contribution >= 0.6 is 11.3 Å². The zero-order valence-corrected chi connectivity index (χ0v) is 18.0. The van der Waals surface area contributed by atoms with Crippen LogP contribution in [0.5, 0.6) is 0 Å². The molecule has 6 heteroatoms. The summed E-state index contributed by atoms with van der Waals surface area (Å²) in [5.41, 5.74) is 3.08. The first-order chi connectivity index (χ1) is 13.5. The fraction of sp³-hybridized carbons (Fsp3) is 0.545. The van der Waals surface area contributed by atoms with Crippen molar-refractivity contribution in [2.75, 3.05) is 45.2 Å². The number of amides is 1. The lowest BCUT2D eigenvalue weighted by molar-refractivity contribution is 0.0577. The number of nitrogens with zero attached hydrogens (tertiary/aromatic N) is 4. The molecule has 150 valence electrons. The van der Waals surface area contributed by atoms with E-state index >= 15 is 0 Å². The Labute approximate surface area is 172 Å². The minimum absolute atomic E-state index is 0.150. The average Bonchev–Trinajstić information content (AvgIpc) is 3.38. The molecule has 2 heterocycles. The number of carbonyl (C=O) groups excluding carboxylic acids is 1. The molecule has 0 N–H and O–H groups in total. The second-order valence-corrected chi connectivity index (χ2v) is 9.14. The van der Waals surface area contributed by atoms with Crippen molar-refractivity contribution in [3.63, 3.8) is 0 Å². The van der Waals surface area contributed by atoms with Gasteiger partial charge in [-0.2, -0.15) is 0 Å². The number of thiazole rings is 1. The van der Waals surface area contributed by atoms with Crippen LogP contribution in [0.1, 0.15) is 41.0 Å². The Kier molecular flexibility index (Phi) is 5.69. The molecule has 28 heavy (non-hydrogen) atoms. The number of piperazine rings is 1. The van der Waals surface area contributed by atoms with E-state index in [1.54, 1.807) is 0 Å². The lowest BCUT2D eigenvalue weighted by atomic mass is 10.1. The summed E-state index contributed by atoms with van der Waals surface area (Å²) in [7, 11) is 4.07. The SMILES string of the molecule is Cc1nc(-c2ccc(N(C)C)cc2)sc1C(=O)N1CCN(C2CCCC2)CC1. The maximum Gasteiger partial charge on any atom is 0.265 e. The molecule has 1 aromatic carbocycles. The second kappa shape index (κ2) is 8.21. The van der Waals surface area contributed by atoms with Crippen LogP contribution in [0.25, 0.3) is 10.6 Å².